The molecule has 0 saturated heterocycles. The van der Waals surface area contributed by atoms with Crippen molar-refractivity contribution >= 4 is 11.9 Å². The molecule has 7 rings (SSSR count). The number of allylic oxidation sites excluding steroid dienone is 2. The van der Waals surface area contributed by atoms with Crippen molar-refractivity contribution < 1.29 is 19.4 Å². The van der Waals surface area contributed by atoms with Gasteiger partial charge in [0.1, 0.15) is 6.10 Å². The van der Waals surface area contributed by atoms with Crippen molar-refractivity contribution in [2.75, 3.05) is 0 Å². The summed E-state index contributed by atoms with van der Waals surface area (Å²) in [7, 11) is 2.12. The third-order valence-corrected chi connectivity index (χ3v) is 16.9. The molecule has 0 spiro atoms. The summed E-state index contributed by atoms with van der Waals surface area (Å²) in [5, 5.41) is 9.64. The van der Waals surface area contributed by atoms with Gasteiger partial charge in [0.05, 0.1) is 24.1 Å². The van der Waals surface area contributed by atoms with E-state index in [9.17, 15) is 19.5 Å². The maximum atomic E-state index is 13.8. The zero-order valence-electron chi connectivity index (χ0n) is 34.3. The number of benzene rings is 1. The average Bonchev–Trinajstić information content (AvgIpc) is 3.61. The van der Waals surface area contributed by atoms with E-state index in [-0.39, 0.29) is 45.2 Å². The van der Waals surface area contributed by atoms with Crippen LogP contribution in [0.1, 0.15) is 144 Å². The molecule has 290 valence electrons. The zero-order valence-corrected chi connectivity index (χ0v) is 34.3. The average molecular weight is 727 g/mol. The summed E-state index contributed by atoms with van der Waals surface area (Å²) >= 11 is 0. The maximum absolute atomic E-state index is 13.8. The Hall–Kier alpha value is -3.09. The number of carbonyl (C=O) groups excluding carboxylic acids is 1. The van der Waals surface area contributed by atoms with Crippen LogP contribution in [-0.4, -0.2) is 32.5 Å². The van der Waals surface area contributed by atoms with E-state index in [0.29, 0.717) is 30.2 Å². The van der Waals surface area contributed by atoms with Gasteiger partial charge in [0.2, 0.25) is 0 Å². The lowest BCUT2D eigenvalue weighted by Crippen LogP contribution is -2.66. The van der Waals surface area contributed by atoms with E-state index in [4.69, 9.17) is 4.74 Å². The molecule has 7 nitrogen and oxygen atoms in total. The number of nitrogens with zero attached hydrogens (tertiary/aromatic N) is 2. The Bertz CT molecular complexity index is 1860. The van der Waals surface area contributed by atoms with Gasteiger partial charge in [-0.05, 0) is 124 Å². The Kier molecular flexibility index (Phi) is 9.17. The number of carboxylic acids is 1. The van der Waals surface area contributed by atoms with Gasteiger partial charge in [0.15, 0.2) is 0 Å². The number of hydrogen-bond donors (Lipinski definition) is 1. The van der Waals surface area contributed by atoms with Gasteiger partial charge in [0, 0.05) is 23.9 Å². The Labute approximate surface area is 317 Å². The van der Waals surface area contributed by atoms with Crippen LogP contribution in [-0.2, 0) is 33.3 Å². The molecule has 4 saturated carbocycles. The fourth-order valence-corrected chi connectivity index (χ4v) is 13.8. The SMILES string of the molecule is CC(C)C1=C2[C@H]3CC[C@@H]4[C@@]5(C)CC[C@H](OC(=O)CC(C)(C)C(=O)O)C(C)(C)[C@@H]5CC[C@@]4(C)[C@]3(C)CCC2(c2cc(=O)n(Cc3ccccc3)n2C)CC1. The van der Waals surface area contributed by atoms with Crippen LogP contribution in [0, 0.1) is 50.7 Å². The minimum Gasteiger partial charge on any atom is -0.481 e. The lowest BCUT2D eigenvalue weighted by atomic mass is 9.33. The predicted octanol–water partition coefficient (Wildman–Crippen LogP) is 9.70. The second-order valence-electron chi connectivity index (χ2n) is 20.4. The third-order valence-electron chi connectivity index (χ3n) is 16.9. The highest BCUT2D eigenvalue weighted by molar-refractivity contribution is 5.81. The summed E-state index contributed by atoms with van der Waals surface area (Å²) in [6.45, 7) is 21.1. The van der Waals surface area contributed by atoms with Crippen LogP contribution < -0.4 is 5.56 Å². The fourth-order valence-electron chi connectivity index (χ4n) is 13.8. The summed E-state index contributed by atoms with van der Waals surface area (Å²) in [5.74, 6) is 0.609. The number of carbonyl (C=O) groups is 2. The van der Waals surface area contributed by atoms with Gasteiger partial charge in [-0.2, -0.15) is 0 Å². The molecule has 0 aliphatic heterocycles. The standard InChI is InChI=1S/C46H66N2O5/c1-29(2)31-18-23-46(35-26-37(49)48(47(35)10)28-30-14-12-11-13-15-30)25-24-44(8)32(39(31)46)16-17-34-43(7)21-20-36(53-38(50)27-41(3,4)40(51)52)42(5,6)33(43)19-22-45(34,44)9/h11-15,26,29,32-34,36H,16-25,27-28H2,1-10H3,(H,51,52)/t32-,33+,34-,36+,43+,44-,45-,46?/m1/s1. The minimum absolute atomic E-state index is 0.0942. The molecule has 7 heteroatoms. The number of fused-ring (bicyclic) bond motifs is 7. The van der Waals surface area contributed by atoms with E-state index in [2.05, 4.69) is 84.5 Å². The van der Waals surface area contributed by atoms with Crippen molar-refractivity contribution in [3.05, 3.63) is 69.2 Å². The molecule has 1 aromatic carbocycles. The summed E-state index contributed by atoms with van der Waals surface area (Å²) in [6.07, 6.45) is 10.7. The highest BCUT2D eigenvalue weighted by Crippen LogP contribution is 2.77. The molecule has 5 aliphatic carbocycles. The molecule has 1 unspecified atom stereocenters. The molecular formula is C46H66N2O5. The van der Waals surface area contributed by atoms with E-state index >= 15 is 0 Å². The summed E-state index contributed by atoms with van der Waals surface area (Å²) in [6, 6.07) is 12.3. The van der Waals surface area contributed by atoms with E-state index in [1.807, 2.05) is 16.8 Å². The Morgan fingerprint density at radius 1 is 0.906 bits per heavy atom. The molecule has 5 aliphatic rings. The van der Waals surface area contributed by atoms with E-state index < -0.39 is 17.4 Å². The molecule has 1 aromatic heterocycles. The predicted molar refractivity (Wildman–Crippen MR) is 209 cm³/mol. The second-order valence-corrected chi connectivity index (χ2v) is 20.4. The fraction of sp³-hybridized carbons (Fsp3) is 0.717. The summed E-state index contributed by atoms with van der Waals surface area (Å²) in [4.78, 5) is 38.7. The third kappa shape index (κ3) is 5.58. The molecule has 1 heterocycles. The van der Waals surface area contributed by atoms with Gasteiger partial charge in [0.25, 0.3) is 5.56 Å². The van der Waals surface area contributed by atoms with Crippen molar-refractivity contribution in [3.63, 3.8) is 0 Å². The van der Waals surface area contributed by atoms with Crippen molar-refractivity contribution in [1.29, 1.82) is 0 Å². The van der Waals surface area contributed by atoms with Crippen molar-refractivity contribution in [2.45, 2.75) is 151 Å². The summed E-state index contributed by atoms with van der Waals surface area (Å²) in [5.41, 5.74) is 4.82. The Morgan fingerprint density at radius 3 is 2.26 bits per heavy atom. The molecule has 0 radical (unpaired) electrons. The second kappa shape index (κ2) is 12.7. The molecule has 2 aromatic rings. The van der Waals surface area contributed by atoms with Crippen molar-refractivity contribution in [3.8, 4) is 0 Å². The van der Waals surface area contributed by atoms with Crippen LogP contribution in [0.25, 0.3) is 0 Å². The number of carboxylic acid groups (broad SMARTS) is 1. The van der Waals surface area contributed by atoms with Crippen LogP contribution in [0.3, 0.4) is 0 Å². The first-order valence-corrected chi connectivity index (χ1v) is 20.7. The van der Waals surface area contributed by atoms with Crippen LogP contribution in [0.5, 0.6) is 0 Å². The lowest BCUT2D eigenvalue weighted by molar-refractivity contribution is -0.232. The largest absolute Gasteiger partial charge is 0.481 e. The number of aliphatic carboxylic acids is 1. The first kappa shape index (κ1) is 38.2. The molecule has 4 fully saturated rings. The van der Waals surface area contributed by atoms with E-state index in [1.54, 1.807) is 25.0 Å². The van der Waals surface area contributed by atoms with Crippen molar-refractivity contribution in [2.24, 2.45) is 57.8 Å². The minimum atomic E-state index is -1.15. The first-order chi connectivity index (χ1) is 24.7. The number of hydrogen-bond acceptors (Lipinski definition) is 4. The number of ether oxygens (including phenoxy) is 1. The van der Waals surface area contributed by atoms with Crippen LogP contribution in [0.2, 0.25) is 0 Å². The van der Waals surface area contributed by atoms with Crippen LogP contribution >= 0.6 is 0 Å². The number of rotatable bonds is 8. The van der Waals surface area contributed by atoms with Gasteiger partial charge in [-0.3, -0.25) is 19.1 Å². The summed E-state index contributed by atoms with van der Waals surface area (Å²) < 4.78 is 10.4. The van der Waals surface area contributed by atoms with Gasteiger partial charge in [-0.1, -0.05) is 89.9 Å². The number of esters is 1. The molecule has 0 bridgehead atoms. The first-order valence-electron chi connectivity index (χ1n) is 20.7. The maximum Gasteiger partial charge on any atom is 0.309 e. The Morgan fingerprint density at radius 2 is 1.60 bits per heavy atom. The van der Waals surface area contributed by atoms with Gasteiger partial charge in [-0.15, -0.1) is 0 Å². The van der Waals surface area contributed by atoms with Gasteiger partial charge >= 0.3 is 11.9 Å². The normalized spacial score (nSPS) is 36.4. The monoisotopic (exact) mass is 726 g/mol. The zero-order chi connectivity index (χ0) is 38.5. The smallest absolute Gasteiger partial charge is 0.309 e. The van der Waals surface area contributed by atoms with Crippen molar-refractivity contribution in [1.82, 2.24) is 9.36 Å². The molecule has 0 amide bonds. The highest BCUT2D eigenvalue weighted by Gasteiger charge is 2.70. The van der Waals surface area contributed by atoms with Crippen LogP contribution in [0.4, 0.5) is 0 Å². The van der Waals surface area contributed by atoms with Gasteiger partial charge < -0.3 is 9.84 Å². The molecule has 8 atom stereocenters. The molecule has 53 heavy (non-hydrogen) atoms. The quantitative estimate of drug-likeness (QED) is 0.216. The van der Waals surface area contributed by atoms with E-state index in [1.165, 1.54) is 31.4 Å². The van der Waals surface area contributed by atoms with Gasteiger partial charge in [-0.25, -0.2) is 4.68 Å². The number of aromatic nitrogens is 2. The van der Waals surface area contributed by atoms with E-state index in [0.717, 1.165) is 44.1 Å². The lowest BCUT2D eigenvalue weighted by Gasteiger charge is -2.72. The van der Waals surface area contributed by atoms with Crippen LogP contribution in [0.15, 0.2) is 52.3 Å². The Balaban J connectivity index is 1.20. The highest BCUT2D eigenvalue weighted by atomic mass is 16.5. The molecular weight excluding hydrogens is 661 g/mol. The molecule has 1 N–H and O–H groups in total. The topological polar surface area (TPSA) is 90.5 Å².